The molecule has 0 bridgehead atoms. The molecular weight excluding hydrogens is 312 g/mol. The van der Waals surface area contributed by atoms with Crippen molar-refractivity contribution in [2.45, 2.75) is 72.4 Å². The molecule has 0 aliphatic carbocycles. The van der Waals surface area contributed by atoms with Crippen molar-refractivity contribution in [3.8, 4) is 5.75 Å². The maximum Gasteiger partial charge on any atom is 0.226 e. The van der Waals surface area contributed by atoms with E-state index >= 15 is 0 Å². The first kappa shape index (κ1) is 21.5. The summed E-state index contributed by atoms with van der Waals surface area (Å²) in [5.41, 5.74) is 0.917. The van der Waals surface area contributed by atoms with Crippen LogP contribution in [0.4, 0.5) is 5.69 Å². The Kier molecular flexibility index (Phi) is 9.58. The lowest BCUT2D eigenvalue weighted by molar-refractivity contribution is -0.118. The van der Waals surface area contributed by atoms with Crippen LogP contribution in [0.1, 0.15) is 60.3 Å². The second-order valence-corrected chi connectivity index (χ2v) is 7.18. The first-order valence-electron chi connectivity index (χ1n) is 9.62. The third-order valence-electron chi connectivity index (χ3n) is 4.54. The first-order chi connectivity index (χ1) is 11.9. The fourth-order valence-electron chi connectivity index (χ4n) is 2.99. The maximum absolute atomic E-state index is 12.2. The van der Waals surface area contributed by atoms with E-state index in [4.69, 9.17) is 4.74 Å². The van der Waals surface area contributed by atoms with Crippen molar-refractivity contribution in [1.29, 1.82) is 0 Å². The van der Waals surface area contributed by atoms with Crippen LogP contribution >= 0.6 is 0 Å². The average molecular weight is 349 g/mol. The number of rotatable bonds is 11. The molecule has 1 aromatic carbocycles. The van der Waals surface area contributed by atoms with Gasteiger partial charge in [0.15, 0.2) is 0 Å². The summed E-state index contributed by atoms with van der Waals surface area (Å²) in [4.78, 5) is 16.3. The normalized spacial score (nSPS) is 11.4. The van der Waals surface area contributed by atoms with Crippen LogP contribution in [0, 0.1) is 0 Å². The van der Waals surface area contributed by atoms with Gasteiger partial charge in [0.1, 0.15) is 12.4 Å². The Morgan fingerprint density at radius 3 is 2.16 bits per heavy atom. The summed E-state index contributed by atoms with van der Waals surface area (Å²) in [5, 5.41) is 0. The first-order valence-corrected chi connectivity index (χ1v) is 9.62. The van der Waals surface area contributed by atoms with Crippen LogP contribution in [0.15, 0.2) is 24.3 Å². The number of unbranched alkanes of at least 4 members (excludes halogenated alkanes) is 2. The van der Waals surface area contributed by atoms with E-state index in [1.165, 1.54) is 0 Å². The minimum Gasteiger partial charge on any atom is -0.492 e. The molecule has 0 radical (unpaired) electrons. The van der Waals surface area contributed by atoms with Crippen LogP contribution in [-0.2, 0) is 4.79 Å². The van der Waals surface area contributed by atoms with E-state index in [1.54, 1.807) is 4.90 Å². The van der Waals surface area contributed by atoms with Gasteiger partial charge in [0.2, 0.25) is 5.91 Å². The highest BCUT2D eigenvalue weighted by molar-refractivity contribution is 5.92. The Morgan fingerprint density at radius 2 is 1.64 bits per heavy atom. The summed E-state index contributed by atoms with van der Waals surface area (Å²) < 4.78 is 5.87. The van der Waals surface area contributed by atoms with Crippen LogP contribution in [-0.4, -0.2) is 43.1 Å². The highest BCUT2D eigenvalue weighted by Crippen LogP contribution is 2.20. The minimum absolute atomic E-state index is 0.173. The fraction of sp³-hybridized carbons (Fsp3) is 0.667. The van der Waals surface area contributed by atoms with E-state index in [0.717, 1.165) is 37.2 Å². The Morgan fingerprint density at radius 1 is 1.04 bits per heavy atom. The molecule has 0 saturated heterocycles. The Balaban J connectivity index is 2.49. The molecule has 0 spiro atoms. The Bertz CT molecular complexity index is 489. The zero-order valence-corrected chi connectivity index (χ0v) is 16.9. The van der Waals surface area contributed by atoms with Crippen molar-refractivity contribution >= 4 is 11.6 Å². The molecule has 1 aromatic rings. The van der Waals surface area contributed by atoms with Gasteiger partial charge in [-0.25, -0.2) is 0 Å². The van der Waals surface area contributed by atoms with E-state index < -0.39 is 0 Å². The average Bonchev–Trinajstić information content (AvgIpc) is 2.58. The van der Waals surface area contributed by atoms with Crippen molar-refractivity contribution in [1.82, 2.24) is 4.90 Å². The number of anilines is 1. The molecular formula is C21H36N2O2. The topological polar surface area (TPSA) is 32.8 Å². The fourth-order valence-corrected chi connectivity index (χ4v) is 2.99. The molecule has 0 N–H and O–H groups in total. The Hall–Kier alpha value is -1.55. The summed E-state index contributed by atoms with van der Waals surface area (Å²) in [7, 11) is 1.84. The van der Waals surface area contributed by atoms with Gasteiger partial charge in [0, 0.05) is 37.8 Å². The molecule has 25 heavy (non-hydrogen) atoms. The molecule has 1 rings (SSSR count). The van der Waals surface area contributed by atoms with Gasteiger partial charge < -0.3 is 9.64 Å². The van der Waals surface area contributed by atoms with Crippen molar-refractivity contribution in [3.05, 3.63) is 24.3 Å². The van der Waals surface area contributed by atoms with Gasteiger partial charge in [-0.2, -0.15) is 0 Å². The maximum atomic E-state index is 12.2. The summed E-state index contributed by atoms with van der Waals surface area (Å²) in [6.07, 6.45) is 3.82. The molecule has 0 aliphatic heterocycles. The van der Waals surface area contributed by atoms with Gasteiger partial charge in [-0.3, -0.25) is 9.69 Å². The van der Waals surface area contributed by atoms with E-state index in [0.29, 0.717) is 25.1 Å². The van der Waals surface area contributed by atoms with E-state index in [-0.39, 0.29) is 5.91 Å². The molecule has 1 amide bonds. The van der Waals surface area contributed by atoms with Crippen molar-refractivity contribution in [2.24, 2.45) is 0 Å². The van der Waals surface area contributed by atoms with Gasteiger partial charge >= 0.3 is 0 Å². The van der Waals surface area contributed by atoms with Crippen LogP contribution < -0.4 is 9.64 Å². The van der Waals surface area contributed by atoms with Gasteiger partial charge in [-0.05, 0) is 58.4 Å². The third kappa shape index (κ3) is 7.47. The molecule has 0 aliphatic rings. The zero-order chi connectivity index (χ0) is 18.8. The molecule has 0 atom stereocenters. The summed E-state index contributed by atoms with van der Waals surface area (Å²) in [6, 6.07) is 8.82. The quantitative estimate of drug-likeness (QED) is 0.542. The summed E-state index contributed by atoms with van der Waals surface area (Å²) >= 11 is 0. The summed E-state index contributed by atoms with van der Waals surface area (Å²) in [6.45, 7) is 12.6. The lowest BCUT2D eigenvalue weighted by Gasteiger charge is -2.30. The second-order valence-electron chi connectivity index (χ2n) is 7.18. The van der Waals surface area contributed by atoms with Crippen molar-refractivity contribution in [3.63, 3.8) is 0 Å². The lowest BCUT2D eigenvalue weighted by atomic mass is 10.2. The van der Waals surface area contributed by atoms with E-state index in [9.17, 15) is 4.79 Å². The minimum atomic E-state index is 0.173. The third-order valence-corrected chi connectivity index (χ3v) is 4.54. The Labute approximate surface area is 154 Å². The highest BCUT2D eigenvalue weighted by Gasteiger charge is 2.13. The standard InChI is InChI=1S/C21H36N2O2/c1-7-8-9-10-21(24)22(6)19-11-13-20(14-12-19)25-16-15-23(17(2)3)18(4)5/h11-14,17-18H,7-10,15-16H2,1-6H3. The molecule has 0 aromatic heterocycles. The van der Waals surface area contributed by atoms with E-state index in [1.807, 2.05) is 31.3 Å². The number of amides is 1. The molecule has 0 heterocycles. The zero-order valence-electron chi connectivity index (χ0n) is 16.9. The smallest absolute Gasteiger partial charge is 0.226 e. The number of carbonyl (C=O) groups is 1. The SMILES string of the molecule is CCCCCC(=O)N(C)c1ccc(OCCN(C(C)C)C(C)C)cc1. The number of carbonyl (C=O) groups excluding carboxylic acids is 1. The van der Waals surface area contributed by atoms with Crippen LogP contribution in [0.5, 0.6) is 5.75 Å². The number of ether oxygens (including phenoxy) is 1. The monoisotopic (exact) mass is 348 g/mol. The van der Waals surface area contributed by atoms with Gasteiger partial charge in [-0.1, -0.05) is 19.8 Å². The lowest BCUT2D eigenvalue weighted by Crippen LogP contribution is -2.39. The second kappa shape index (κ2) is 11.1. The number of nitrogens with zero attached hydrogens (tertiary/aromatic N) is 2. The van der Waals surface area contributed by atoms with Crippen molar-refractivity contribution in [2.75, 3.05) is 25.1 Å². The molecule has 0 fully saturated rings. The predicted octanol–water partition coefficient (Wildman–Crippen LogP) is 4.73. The molecule has 4 nitrogen and oxygen atoms in total. The van der Waals surface area contributed by atoms with E-state index in [2.05, 4.69) is 39.5 Å². The van der Waals surface area contributed by atoms with Crippen LogP contribution in [0.2, 0.25) is 0 Å². The van der Waals surface area contributed by atoms with Crippen LogP contribution in [0.3, 0.4) is 0 Å². The van der Waals surface area contributed by atoms with Crippen LogP contribution in [0.25, 0.3) is 0 Å². The number of hydrogen-bond acceptors (Lipinski definition) is 3. The van der Waals surface area contributed by atoms with Gasteiger partial charge in [-0.15, -0.1) is 0 Å². The number of hydrogen-bond donors (Lipinski definition) is 0. The molecule has 0 unspecified atom stereocenters. The highest BCUT2D eigenvalue weighted by atomic mass is 16.5. The largest absolute Gasteiger partial charge is 0.492 e. The molecule has 142 valence electrons. The molecule has 0 saturated carbocycles. The predicted molar refractivity (Wildman–Crippen MR) is 106 cm³/mol. The summed E-state index contributed by atoms with van der Waals surface area (Å²) in [5.74, 6) is 1.02. The number of benzene rings is 1. The molecule has 4 heteroatoms. The van der Waals surface area contributed by atoms with Gasteiger partial charge in [0.05, 0.1) is 0 Å². The van der Waals surface area contributed by atoms with Gasteiger partial charge in [0.25, 0.3) is 0 Å². The van der Waals surface area contributed by atoms with Crippen molar-refractivity contribution < 1.29 is 9.53 Å².